The molecule has 0 amide bonds. The molecule has 4 aliphatic rings. The molecule has 4 aliphatic heterocycles. The van der Waals surface area contributed by atoms with E-state index in [4.69, 9.17) is 9.47 Å². The Morgan fingerprint density at radius 1 is 0.818 bits per heavy atom. The molecule has 122 valence electrons. The number of carboxylic acid groups (broad SMARTS) is 2. The van der Waals surface area contributed by atoms with Crippen molar-refractivity contribution in [3.05, 3.63) is 0 Å². The van der Waals surface area contributed by atoms with Gasteiger partial charge in [0.05, 0.1) is 22.4 Å². The summed E-state index contributed by atoms with van der Waals surface area (Å²) in [5, 5.41) is 19.4. The van der Waals surface area contributed by atoms with Gasteiger partial charge in [0.1, 0.15) is 11.8 Å². The number of ether oxygens (including phenoxy) is 2. The van der Waals surface area contributed by atoms with Crippen LogP contribution in [-0.4, -0.2) is 44.6 Å². The molecule has 0 aliphatic carbocycles. The average molecular weight is 310 g/mol. The Kier molecular flexibility index (Phi) is 2.31. The minimum atomic E-state index is -1.09. The van der Waals surface area contributed by atoms with Crippen LogP contribution in [-0.2, 0) is 19.1 Å². The molecule has 4 saturated heterocycles. The zero-order valence-electron chi connectivity index (χ0n) is 13.3. The van der Waals surface area contributed by atoms with Crippen molar-refractivity contribution in [2.24, 2.45) is 23.7 Å². The Balaban J connectivity index is 1.93. The highest BCUT2D eigenvalue weighted by Crippen LogP contribution is 2.75. The topological polar surface area (TPSA) is 93.1 Å². The lowest BCUT2D eigenvalue weighted by molar-refractivity contribution is -0.161. The normalized spacial score (nSPS) is 61.5. The SMILES string of the molecule is C[C@@]12O[C@](C)([C@H]3[C@H]1[C@@]1(C)CC[C@]3(C)O1)[C@@H](C(=O)O)[C@@H]2C(=O)O. The second-order valence-corrected chi connectivity index (χ2v) is 8.28. The highest BCUT2D eigenvalue weighted by atomic mass is 16.6. The smallest absolute Gasteiger partial charge is 0.310 e. The van der Waals surface area contributed by atoms with Crippen LogP contribution in [0.3, 0.4) is 0 Å². The zero-order chi connectivity index (χ0) is 16.3. The van der Waals surface area contributed by atoms with E-state index in [0.29, 0.717) is 0 Å². The first kappa shape index (κ1) is 14.5. The van der Waals surface area contributed by atoms with Crippen LogP contribution >= 0.6 is 0 Å². The van der Waals surface area contributed by atoms with E-state index in [1.165, 1.54) is 0 Å². The summed E-state index contributed by atoms with van der Waals surface area (Å²) in [4.78, 5) is 23.7. The molecule has 4 rings (SSSR count). The Morgan fingerprint density at radius 3 is 1.50 bits per heavy atom. The van der Waals surface area contributed by atoms with Crippen LogP contribution in [0.15, 0.2) is 0 Å². The van der Waals surface area contributed by atoms with Crippen molar-refractivity contribution in [2.75, 3.05) is 0 Å². The van der Waals surface area contributed by atoms with Crippen LogP contribution < -0.4 is 0 Å². The maximum absolute atomic E-state index is 11.8. The lowest BCUT2D eigenvalue weighted by Gasteiger charge is -2.47. The van der Waals surface area contributed by atoms with Gasteiger partial charge in [-0.05, 0) is 40.5 Å². The van der Waals surface area contributed by atoms with E-state index in [2.05, 4.69) is 0 Å². The maximum atomic E-state index is 11.8. The minimum absolute atomic E-state index is 0.0829. The molecule has 4 heterocycles. The summed E-state index contributed by atoms with van der Waals surface area (Å²) in [6, 6.07) is 0. The second kappa shape index (κ2) is 3.51. The van der Waals surface area contributed by atoms with Gasteiger partial charge in [0, 0.05) is 11.8 Å². The van der Waals surface area contributed by atoms with Crippen LogP contribution in [0.5, 0.6) is 0 Å². The van der Waals surface area contributed by atoms with Gasteiger partial charge in [-0.25, -0.2) is 0 Å². The molecule has 6 nitrogen and oxygen atoms in total. The van der Waals surface area contributed by atoms with Crippen LogP contribution in [0.1, 0.15) is 40.5 Å². The van der Waals surface area contributed by atoms with Gasteiger partial charge < -0.3 is 19.7 Å². The standard InChI is InChI=1S/C16H22O6/c1-13-5-6-14(2,21-13)10-9(13)15(3)7(11(17)18)8(12(19)20)16(10,4)22-15/h7-10H,5-6H2,1-4H3,(H,17,18)(H,19,20)/t7-,8-,9+,10+,13-,14+,15+,16+/m1/s1. The molecule has 0 aromatic carbocycles. The Bertz CT molecular complexity index is 553. The van der Waals surface area contributed by atoms with Gasteiger partial charge in [0.2, 0.25) is 0 Å². The maximum Gasteiger partial charge on any atom is 0.310 e. The first-order valence-corrected chi connectivity index (χ1v) is 7.86. The summed E-state index contributed by atoms with van der Waals surface area (Å²) in [7, 11) is 0. The van der Waals surface area contributed by atoms with Gasteiger partial charge in [0.15, 0.2) is 0 Å². The molecule has 0 aromatic heterocycles. The van der Waals surface area contributed by atoms with Gasteiger partial charge >= 0.3 is 11.9 Å². The third-order valence-electron chi connectivity index (χ3n) is 7.01. The fourth-order valence-corrected chi connectivity index (χ4v) is 6.70. The van der Waals surface area contributed by atoms with Gasteiger partial charge in [-0.1, -0.05) is 0 Å². The van der Waals surface area contributed by atoms with Crippen LogP contribution in [0.25, 0.3) is 0 Å². The summed E-state index contributed by atoms with van der Waals surface area (Å²) < 4.78 is 12.5. The van der Waals surface area contributed by atoms with Crippen molar-refractivity contribution < 1.29 is 29.3 Å². The molecule has 6 heteroatoms. The van der Waals surface area contributed by atoms with E-state index in [-0.39, 0.29) is 11.8 Å². The molecule has 0 radical (unpaired) electrons. The number of hydrogen-bond donors (Lipinski definition) is 2. The van der Waals surface area contributed by atoms with E-state index in [1.54, 1.807) is 13.8 Å². The third-order valence-corrected chi connectivity index (χ3v) is 7.01. The summed E-state index contributed by atoms with van der Waals surface area (Å²) in [6.45, 7) is 7.60. The minimum Gasteiger partial charge on any atom is -0.481 e. The van der Waals surface area contributed by atoms with Gasteiger partial charge in [0.25, 0.3) is 0 Å². The molecule has 8 atom stereocenters. The summed E-state index contributed by atoms with van der Waals surface area (Å²) >= 11 is 0. The van der Waals surface area contributed by atoms with Gasteiger partial charge in [-0.15, -0.1) is 0 Å². The zero-order valence-corrected chi connectivity index (χ0v) is 13.3. The molecule has 0 aromatic rings. The monoisotopic (exact) mass is 310 g/mol. The predicted molar refractivity (Wildman–Crippen MR) is 74.3 cm³/mol. The summed E-state index contributed by atoms with van der Waals surface area (Å²) in [5.74, 6) is -4.43. The van der Waals surface area contributed by atoms with Gasteiger partial charge in [-0.3, -0.25) is 9.59 Å². The van der Waals surface area contributed by atoms with Crippen molar-refractivity contribution in [2.45, 2.75) is 62.9 Å². The first-order chi connectivity index (χ1) is 10.00. The Morgan fingerprint density at radius 2 is 1.18 bits per heavy atom. The quantitative estimate of drug-likeness (QED) is 0.803. The lowest BCUT2D eigenvalue weighted by atomic mass is 9.49. The second-order valence-electron chi connectivity index (χ2n) is 8.28. The van der Waals surface area contributed by atoms with Crippen LogP contribution in [0.2, 0.25) is 0 Å². The molecule has 0 unspecified atom stereocenters. The van der Waals surface area contributed by atoms with Crippen molar-refractivity contribution in [3.63, 3.8) is 0 Å². The Labute approximate surface area is 128 Å². The van der Waals surface area contributed by atoms with Crippen molar-refractivity contribution in [1.29, 1.82) is 0 Å². The van der Waals surface area contributed by atoms with E-state index < -0.39 is 46.2 Å². The molecule has 4 fully saturated rings. The molecule has 2 N–H and O–H groups in total. The lowest BCUT2D eigenvalue weighted by Crippen LogP contribution is -2.61. The summed E-state index contributed by atoms with van der Waals surface area (Å²) in [6.07, 6.45) is 1.73. The van der Waals surface area contributed by atoms with Crippen molar-refractivity contribution in [1.82, 2.24) is 0 Å². The van der Waals surface area contributed by atoms with Crippen molar-refractivity contribution in [3.8, 4) is 0 Å². The highest BCUT2D eigenvalue weighted by Gasteiger charge is 2.85. The molecular formula is C16H22O6. The third kappa shape index (κ3) is 1.23. The van der Waals surface area contributed by atoms with Crippen LogP contribution in [0.4, 0.5) is 0 Å². The number of fused-ring (bicyclic) bond motifs is 9. The van der Waals surface area contributed by atoms with Gasteiger partial charge in [-0.2, -0.15) is 0 Å². The van der Waals surface area contributed by atoms with E-state index in [0.717, 1.165) is 12.8 Å². The van der Waals surface area contributed by atoms with E-state index in [9.17, 15) is 19.8 Å². The average Bonchev–Trinajstić information content (AvgIpc) is 2.96. The number of carbonyl (C=O) groups is 2. The molecule has 22 heavy (non-hydrogen) atoms. The predicted octanol–water partition coefficient (Wildman–Crippen LogP) is 1.52. The first-order valence-electron chi connectivity index (χ1n) is 7.86. The van der Waals surface area contributed by atoms with E-state index in [1.807, 2.05) is 13.8 Å². The Hall–Kier alpha value is -1.14. The number of rotatable bonds is 2. The molecular weight excluding hydrogens is 288 g/mol. The summed E-state index contributed by atoms with van der Waals surface area (Å²) in [5.41, 5.74) is -2.85. The van der Waals surface area contributed by atoms with Crippen LogP contribution in [0, 0.1) is 23.7 Å². The fourth-order valence-electron chi connectivity index (χ4n) is 6.70. The molecule has 0 spiro atoms. The number of hydrogen-bond acceptors (Lipinski definition) is 4. The van der Waals surface area contributed by atoms with Crippen molar-refractivity contribution >= 4 is 11.9 Å². The largest absolute Gasteiger partial charge is 0.481 e. The molecule has 0 saturated carbocycles. The van der Waals surface area contributed by atoms with E-state index >= 15 is 0 Å². The molecule has 4 bridgehead atoms. The number of carboxylic acids is 2. The fraction of sp³-hybridized carbons (Fsp3) is 0.875. The number of aliphatic carboxylic acids is 2. The highest BCUT2D eigenvalue weighted by molar-refractivity contribution is 5.84.